The molecule has 6 nitrogen and oxygen atoms in total. The number of carboxylic acid groups (broad SMARTS) is 1. The normalized spacial score (nSPS) is 19.8. The van der Waals surface area contributed by atoms with Gasteiger partial charge in [-0.2, -0.15) is 0 Å². The van der Waals surface area contributed by atoms with Crippen LogP contribution in [-0.2, 0) is 4.79 Å². The molecule has 0 spiro atoms. The summed E-state index contributed by atoms with van der Waals surface area (Å²) in [5.74, 6) is -0.871. The van der Waals surface area contributed by atoms with Crippen molar-refractivity contribution >= 4 is 12.0 Å². The highest BCUT2D eigenvalue weighted by Gasteiger charge is 2.29. The van der Waals surface area contributed by atoms with Crippen molar-refractivity contribution in [1.29, 1.82) is 0 Å². The molecule has 0 aromatic rings. The number of rotatable bonds is 5. The van der Waals surface area contributed by atoms with Crippen LogP contribution in [-0.4, -0.2) is 52.3 Å². The molecular formula is C13H24N2O4. The highest BCUT2D eigenvalue weighted by Crippen LogP contribution is 2.21. The van der Waals surface area contributed by atoms with Crippen LogP contribution in [0.25, 0.3) is 0 Å². The van der Waals surface area contributed by atoms with Crippen LogP contribution >= 0.6 is 0 Å². The Kier molecular flexibility index (Phi) is 5.60. The molecule has 1 rings (SSSR count). The molecule has 19 heavy (non-hydrogen) atoms. The van der Waals surface area contributed by atoms with Gasteiger partial charge in [-0.1, -0.05) is 13.3 Å². The summed E-state index contributed by atoms with van der Waals surface area (Å²) in [6, 6.07) is -0.167. The lowest BCUT2D eigenvalue weighted by Crippen LogP contribution is -2.49. The Morgan fingerprint density at radius 3 is 2.42 bits per heavy atom. The lowest BCUT2D eigenvalue weighted by Gasteiger charge is -2.35. The van der Waals surface area contributed by atoms with E-state index < -0.39 is 11.6 Å². The Morgan fingerprint density at radius 2 is 1.95 bits per heavy atom. The van der Waals surface area contributed by atoms with Gasteiger partial charge in [-0.15, -0.1) is 0 Å². The summed E-state index contributed by atoms with van der Waals surface area (Å²) in [6.07, 6.45) is 1.95. The molecule has 1 aliphatic heterocycles. The molecule has 1 heterocycles. The van der Waals surface area contributed by atoms with Gasteiger partial charge in [0.25, 0.3) is 0 Å². The van der Waals surface area contributed by atoms with Crippen LogP contribution < -0.4 is 5.32 Å². The number of carbonyl (C=O) groups is 2. The number of aliphatic carboxylic acids is 1. The Morgan fingerprint density at radius 1 is 1.37 bits per heavy atom. The maximum absolute atomic E-state index is 11.9. The summed E-state index contributed by atoms with van der Waals surface area (Å²) < 4.78 is 0. The number of nitrogens with zero attached hydrogens (tertiary/aromatic N) is 1. The van der Waals surface area contributed by atoms with Crippen molar-refractivity contribution in [3.8, 4) is 0 Å². The highest BCUT2D eigenvalue weighted by molar-refractivity contribution is 5.74. The van der Waals surface area contributed by atoms with E-state index in [-0.39, 0.29) is 18.4 Å². The number of aliphatic hydroxyl groups is 1. The van der Waals surface area contributed by atoms with Crippen LogP contribution in [0.5, 0.6) is 0 Å². The van der Waals surface area contributed by atoms with Crippen molar-refractivity contribution in [2.75, 3.05) is 19.6 Å². The third-order valence-electron chi connectivity index (χ3n) is 3.71. The van der Waals surface area contributed by atoms with Gasteiger partial charge in [-0.3, -0.25) is 4.79 Å². The first-order valence-electron chi connectivity index (χ1n) is 6.81. The number of hydrogen-bond acceptors (Lipinski definition) is 3. The van der Waals surface area contributed by atoms with Crippen molar-refractivity contribution in [3.05, 3.63) is 0 Å². The minimum Gasteiger partial charge on any atom is -0.481 e. The van der Waals surface area contributed by atoms with E-state index in [1.165, 1.54) is 0 Å². The molecule has 1 unspecified atom stereocenters. The summed E-state index contributed by atoms with van der Waals surface area (Å²) in [6.45, 7) is 5.15. The lowest BCUT2D eigenvalue weighted by molar-refractivity contribution is -0.138. The van der Waals surface area contributed by atoms with E-state index in [0.29, 0.717) is 32.5 Å². The molecule has 0 saturated carbocycles. The quantitative estimate of drug-likeness (QED) is 0.697. The number of piperidine rings is 1. The summed E-state index contributed by atoms with van der Waals surface area (Å²) in [5.41, 5.74) is -0.675. The largest absolute Gasteiger partial charge is 0.481 e. The fourth-order valence-corrected chi connectivity index (χ4v) is 2.14. The van der Waals surface area contributed by atoms with Gasteiger partial charge in [0.05, 0.1) is 5.60 Å². The summed E-state index contributed by atoms with van der Waals surface area (Å²) in [5, 5.41) is 21.3. The highest BCUT2D eigenvalue weighted by atomic mass is 16.4. The monoisotopic (exact) mass is 272 g/mol. The molecule has 6 heteroatoms. The molecule has 1 aliphatic rings. The van der Waals surface area contributed by atoms with E-state index in [2.05, 4.69) is 5.32 Å². The first kappa shape index (κ1) is 15.8. The first-order valence-corrected chi connectivity index (χ1v) is 6.81. The molecule has 0 aliphatic carbocycles. The smallest absolute Gasteiger partial charge is 0.317 e. The van der Waals surface area contributed by atoms with Gasteiger partial charge in [0.2, 0.25) is 0 Å². The molecule has 1 atom stereocenters. The zero-order valence-corrected chi connectivity index (χ0v) is 11.7. The molecule has 0 aromatic carbocycles. The standard InChI is InChI=1S/C13H24N2O4/c1-3-10(8-11(16)17)9-14-12(18)15-6-4-13(2,19)5-7-15/h10,19H,3-9H2,1-2H3,(H,14,18)(H,16,17). The molecule has 1 fully saturated rings. The van der Waals surface area contributed by atoms with E-state index in [4.69, 9.17) is 5.11 Å². The van der Waals surface area contributed by atoms with E-state index in [1.54, 1.807) is 11.8 Å². The number of hydrogen-bond donors (Lipinski definition) is 3. The number of amides is 2. The van der Waals surface area contributed by atoms with Crippen molar-refractivity contribution in [3.63, 3.8) is 0 Å². The summed E-state index contributed by atoms with van der Waals surface area (Å²) in [4.78, 5) is 24.2. The molecule has 0 bridgehead atoms. The van der Waals surface area contributed by atoms with Crippen LogP contribution in [0.2, 0.25) is 0 Å². The number of carboxylic acids is 1. The maximum atomic E-state index is 11.9. The molecule has 110 valence electrons. The predicted molar refractivity (Wildman–Crippen MR) is 70.9 cm³/mol. The molecule has 1 saturated heterocycles. The van der Waals surface area contributed by atoms with E-state index >= 15 is 0 Å². The summed E-state index contributed by atoms with van der Waals surface area (Å²) in [7, 11) is 0. The van der Waals surface area contributed by atoms with Crippen LogP contribution in [0.1, 0.15) is 39.5 Å². The second-order valence-corrected chi connectivity index (χ2v) is 5.54. The van der Waals surface area contributed by atoms with Crippen LogP contribution in [0.3, 0.4) is 0 Å². The number of nitrogens with one attached hydrogen (secondary N) is 1. The SMILES string of the molecule is CCC(CNC(=O)N1CCC(C)(O)CC1)CC(=O)O. The van der Waals surface area contributed by atoms with Gasteiger partial charge in [0, 0.05) is 26.1 Å². The predicted octanol–water partition coefficient (Wildman–Crippen LogP) is 1.04. The van der Waals surface area contributed by atoms with E-state index in [9.17, 15) is 14.7 Å². The second-order valence-electron chi connectivity index (χ2n) is 5.54. The number of carbonyl (C=O) groups excluding carboxylic acids is 1. The second kappa shape index (κ2) is 6.75. The fourth-order valence-electron chi connectivity index (χ4n) is 2.14. The molecule has 0 radical (unpaired) electrons. The number of likely N-dealkylation sites (tertiary alicyclic amines) is 1. The van der Waals surface area contributed by atoms with E-state index in [0.717, 1.165) is 6.42 Å². The maximum Gasteiger partial charge on any atom is 0.317 e. The molecule has 2 amide bonds. The zero-order valence-electron chi connectivity index (χ0n) is 11.7. The fraction of sp³-hybridized carbons (Fsp3) is 0.846. The van der Waals surface area contributed by atoms with E-state index in [1.807, 2.05) is 6.92 Å². The average Bonchev–Trinajstić information content (AvgIpc) is 2.33. The zero-order chi connectivity index (χ0) is 14.5. The summed E-state index contributed by atoms with van der Waals surface area (Å²) >= 11 is 0. The van der Waals surface area contributed by atoms with Crippen molar-refractivity contribution in [2.24, 2.45) is 5.92 Å². The van der Waals surface area contributed by atoms with Crippen molar-refractivity contribution in [1.82, 2.24) is 10.2 Å². The third-order valence-corrected chi connectivity index (χ3v) is 3.71. The first-order chi connectivity index (χ1) is 8.84. The average molecular weight is 272 g/mol. The van der Waals surface area contributed by atoms with Crippen LogP contribution in [0, 0.1) is 5.92 Å². The minimum absolute atomic E-state index is 0.0330. The van der Waals surface area contributed by atoms with Crippen molar-refractivity contribution < 1.29 is 19.8 Å². The van der Waals surface area contributed by atoms with Gasteiger partial charge >= 0.3 is 12.0 Å². The Hall–Kier alpha value is -1.30. The van der Waals surface area contributed by atoms with Gasteiger partial charge < -0.3 is 20.4 Å². The molecule has 0 aromatic heterocycles. The molecule has 3 N–H and O–H groups in total. The Bertz CT molecular complexity index is 321. The van der Waals surface area contributed by atoms with Gasteiger partial charge in [0.15, 0.2) is 0 Å². The van der Waals surface area contributed by atoms with Crippen molar-refractivity contribution in [2.45, 2.75) is 45.1 Å². The number of urea groups is 1. The van der Waals surface area contributed by atoms with Crippen LogP contribution in [0.4, 0.5) is 4.79 Å². The Labute approximate surface area is 113 Å². The Balaban J connectivity index is 2.33. The van der Waals surface area contributed by atoms with Gasteiger partial charge in [-0.25, -0.2) is 4.79 Å². The van der Waals surface area contributed by atoms with Gasteiger partial charge in [0.1, 0.15) is 0 Å². The lowest BCUT2D eigenvalue weighted by atomic mass is 9.94. The topological polar surface area (TPSA) is 89.9 Å². The van der Waals surface area contributed by atoms with Gasteiger partial charge in [-0.05, 0) is 25.7 Å². The van der Waals surface area contributed by atoms with Crippen LogP contribution in [0.15, 0.2) is 0 Å². The third kappa shape index (κ3) is 5.46. The minimum atomic E-state index is -0.838. The molecular weight excluding hydrogens is 248 g/mol.